The fourth-order valence-electron chi connectivity index (χ4n) is 1.96. The van der Waals surface area contributed by atoms with Gasteiger partial charge in [0.05, 0.1) is 5.69 Å². The standard InChI is InChI=1S/C15H15N3O5S/c1-9(19)17-13-8-12(6-7-14(13)24(21,22)23)18-15(20)10-2-4-11(16)5-3-10/h2-8H,16H2,1H3,(H,17,19)(H,18,20)(H,21,22,23). The second-order valence-corrected chi connectivity index (χ2v) is 6.33. The highest BCUT2D eigenvalue weighted by molar-refractivity contribution is 7.86. The van der Waals surface area contributed by atoms with Crippen LogP contribution in [-0.2, 0) is 14.9 Å². The highest BCUT2D eigenvalue weighted by atomic mass is 32.2. The number of nitrogens with two attached hydrogens (primary N) is 1. The average molecular weight is 349 g/mol. The molecule has 0 aromatic heterocycles. The van der Waals surface area contributed by atoms with Crippen LogP contribution < -0.4 is 16.4 Å². The SMILES string of the molecule is CC(=O)Nc1cc(NC(=O)c2ccc(N)cc2)ccc1S(=O)(=O)O. The predicted octanol–water partition coefficient (Wildman–Crippen LogP) is 1.73. The van der Waals surface area contributed by atoms with E-state index >= 15 is 0 Å². The molecule has 0 aliphatic rings. The van der Waals surface area contributed by atoms with Crippen molar-refractivity contribution in [2.24, 2.45) is 0 Å². The largest absolute Gasteiger partial charge is 0.399 e. The Hall–Kier alpha value is -2.91. The van der Waals surface area contributed by atoms with E-state index in [9.17, 15) is 22.6 Å². The summed E-state index contributed by atoms with van der Waals surface area (Å²) in [6.45, 7) is 1.19. The van der Waals surface area contributed by atoms with Crippen LogP contribution in [0.5, 0.6) is 0 Å². The maximum Gasteiger partial charge on any atom is 0.296 e. The summed E-state index contributed by atoms with van der Waals surface area (Å²) in [6, 6.07) is 9.82. The number of hydrogen-bond acceptors (Lipinski definition) is 5. The number of carbonyl (C=O) groups excluding carboxylic acids is 2. The molecule has 126 valence electrons. The second kappa shape index (κ2) is 6.69. The number of carbonyl (C=O) groups is 2. The van der Waals surface area contributed by atoms with Crippen molar-refractivity contribution in [3.05, 3.63) is 48.0 Å². The first-order valence-corrected chi connectivity index (χ1v) is 8.17. The number of benzene rings is 2. The highest BCUT2D eigenvalue weighted by Crippen LogP contribution is 2.25. The van der Waals surface area contributed by atoms with Gasteiger partial charge in [-0.2, -0.15) is 8.42 Å². The Bertz CT molecular complexity index is 892. The molecule has 2 aromatic rings. The molecule has 24 heavy (non-hydrogen) atoms. The van der Waals surface area contributed by atoms with E-state index < -0.39 is 26.8 Å². The molecular weight excluding hydrogens is 334 g/mol. The van der Waals surface area contributed by atoms with Crippen LogP contribution in [0.2, 0.25) is 0 Å². The predicted molar refractivity (Wildman–Crippen MR) is 89.4 cm³/mol. The summed E-state index contributed by atoms with van der Waals surface area (Å²) < 4.78 is 31.8. The monoisotopic (exact) mass is 349 g/mol. The third kappa shape index (κ3) is 4.31. The Kier molecular flexibility index (Phi) is 4.86. The zero-order valence-corrected chi connectivity index (χ0v) is 13.4. The van der Waals surface area contributed by atoms with Crippen LogP contribution in [0.1, 0.15) is 17.3 Å². The van der Waals surface area contributed by atoms with Gasteiger partial charge in [-0.15, -0.1) is 0 Å². The summed E-state index contributed by atoms with van der Waals surface area (Å²) >= 11 is 0. The van der Waals surface area contributed by atoms with E-state index in [-0.39, 0.29) is 11.4 Å². The van der Waals surface area contributed by atoms with E-state index in [1.54, 1.807) is 12.1 Å². The minimum Gasteiger partial charge on any atom is -0.399 e. The van der Waals surface area contributed by atoms with Gasteiger partial charge in [0.1, 0.15) is 4.90 Å². The van der Waals surface area contributed by atoms with E-state index in [1.165, 1.54) is 31.2 Å². The quantitative estimate of drug-likeness (QED) is 0.490. The molecule has 0 fully saturated rings. The molecule has 2 rings (SSSR count). The van der Waals surface area contributed by atoms with Crippen LogP contribution >= 0.6 is 0 Å². The summed E-state index contributed by atoms with van der Waals surface area (Å²) in [5.74, 6) is -0.967. The third-order valence-corrected chi connectivity index (χ3v) is 3.91. The van der Waals surface area contributed by atoms with Crippen molar-refractivity contribution in [2.75, 3.05) is 16.4 Å². The summed E-state index contributed by atoms with van der Waals surface area (Å²) in [7, 11) is -4.52. The van der Waals surface area contributed by atoms with Crippen LogP contribution in [0.4, 0.5) is 17.1 Å². The maximum absolute atomic E-state index is 12.1. The zero-order valence-electron chi connectivity index (χ0n) is 12.6. The van der Waals surface area contributed by atoms with Crippen molar-refractivity contribution in [2.45, 2.75) is 11.8 Å². The van der Waals surface area contributed by atoms with Crippen molar-refractivity contribution in [1.82, 2.24) is 0 Å². The van der Waals surface area contributed by atoms with Gasteiger partial charge >= 0.3 is 0 Å². The van der Waals surface area contributed by atoms with Gasteiger partial charge in [0.15, 0.2) is 0 Å². The normalized spacial score (nSPS) is 10.9. The van der Waals surface area contributed by atoms with Crippen LogP contribution in [-0.4, -0.2) is 24.8 Å². The first kappa shape index (κ1) is 17.4. The fraction of sp³-hybridized carbons (Fsp3) is 0.0667. The first-order valence-electron chi connectivity index (χ1n) is 6.73. The molecule has 0 aliphatic heterocycles. The van der Waals surface area contributed by atoms with Gasteiger partial charge < -0.3 is 16.4 Å². The number of amides is 2. The van der Waals surface area contributed by atoms with Gasteiger partial charge in [0, 0.05) is 23.9 Å². The number of nitrogens with one attached hydrogen (secondary N) is 2. The number of hydrogen-bond donors (Lipinski definition) is 4. The van der Waals surface area contributed by atoms with Crippen LogP contribution in [0.3, 0.4) is 0 Å². The summed E-state index contributed by atoms with van der Waals surface area (Å²) in [5, 5.41) is 4.86. The molecule has 0 saturated carbocycles. The Labute approximate surface area is 138 Å². The molecule has 8 nitrogen and oxygen atoms in total. The summed E-state index contributed by atoms with van der Waals surface area (Å²) in [4.78, 5) is 22.9. The van der Waals surface area contributed by atoms with Crippen LogP contribution in [0.25, 0.3) is 0 Å². The van der Waals surface area contributed by atoms with Gasteiger partial charge in [-0.05, 0) is 42.5 Å². The van der Waals surface area contributed by atoms with E-state index in [4.69, 9.17) is 5.73 Å². The molecule has 0 aliphatic carbocycles. The minimum absolute atomic E-state index is 0.139. The molecular formula is C15H15N3O5S. The van der Waals surface area contributed by atoms with Crippen molar-refractivity contribution in [1.29, 1.82) is 0 Å². The molecule has 2 aromatic carbocycles. The van der Waals surface area contributed by atoms with Crippen molar-refractivity contribution < 1.29 is 22.6 Å². The molecule has 0 unspecified atom stereocenters. The molecule has 5 N–H and O–H groups in total. The lowest BCUT2D eigenvalue weighted by atomic mass is 10.2. The van der Waals surface area contributed by atoms with E-state index in [2.05, 4.69) is 10.6 Å². The van der Waals surface area contributed by atoms with Crippen molar-refractivity contribution in [3.8, 4) is 0 Å². The molecule has 0 spiro atoms. The Morgan fingerprint density at radius 2 is 1.67 bits per heavy atom. The molecule has 0 atom stereocenters. The zero-order chi connectivity index (χ0) is 17.9. The third-order valence-electron chi connectivity index (χ3n) is 3.00. The lowest BCUT2D eigenvalue weighted by Crippen LogP contribution is -2.14. The Morgan fingerprint density at radius 1 is 1.04 bits per heavy atom. The topological polar surface area (TPSA) is 139 Å². The first-order chi connectivity index (χ1) is 11.2. The van der Waals surface area contributed by atoms with Gasteiger partial charge in [0.25, 0.3) is 16.0 Å². The maximum atomic E-state index is 12.1. The fourth-order valence-corrected chi connectivity index (χ4v) is 2.59. The summed E-state index contributed by atoms with van der Waals surface area (Å²) in [5.41, 5.74) is 6.52. The van der Waals surface area contributed by atoms with Gasteiger partial charge in [0.2, 0.25) is 5.91 Å². The van der Waals surface area contributed by atoms with Crippen LogP contribution in [0, 0.1) is 0 Å². The molecule has 0 heterocycles. The lowest BCUT2D eigenvalue weighted by Gasteiger charge is -2.11. The molecule has 2 amide bonds. The number of rotatable bonds is 4. The summed E-state index contributed by atoms with van der Waals surface area (Å²) in [6.07, 6.45) is 0. The second-order valence-electron chi connectivity index (χ2n) is 4.94. The lowest BCUT2D eigenvalue weighted by molar-refractivity contribution is -0.114. The highest BCUT2D eigenvalue weighted by Gasteiger charge is 2.17. The van der Waals surface area contributed by atoms with E-state index in [1.807, 2.05) is 0 Å². The van der Waals surface area contributed by atoms with E-state index in [0.717, 1.165) is 6.07 Å². The van der Waals surface area contributed by atoms with Gasteiger partial charge in [-0.1, -0.05) is 0 Å². The average Bonchev–Trinajstić information content (AvgIpc) is 2.46. The number of anilines is 3. The van der Waals surface area contributed by atoms with Crippen molar-refractivity contribution >= 4 is 39.0 Å². The van der Waals surface area contributed by atoms with Gasteiger partial charge in [-0.25, -0.2) is 0 Å². The van der Waals surface area contributed by atoms with Crippen molar-refractivity contribution in [3.63, 3.8) is 0 Å². The molecule has 0 radical (unpaired) electrons. The smallest absolute Gasteiger partial charge is 0.296 e. The molecule has 0 saturated heterocycles. The van der Waals surface area contributed by atoms with Crippen LogP contribution in [0.15, 0.2) is 47.4 Å². The Morgan fingerprint density at radius 3 is 2.21 bits per heavy atom. The molecule has 0 bridgehead atoms. The number of nitrogen functional groups attached to an aromatic ring is 1. The van der Waals surface area contributed by atoms with Gasteiger partial charge in [-0.3, -0.25) is 14.1 Å². The Balaban J connectivity index is 2.32. The van der Waals surface area contributed by atoms with E-state index in [0.29, 0.717) is 11.3 Å². The molecule has 9 heteroatoms. The minimum atomic E-state index is -4.52.